The Balaban J connectivity index is 2.52. The molecule has 0 aromatic rings. The molecule has 3 N–H and O–H groups in total. The fourth-order valence-electron chi connectivity index (χ4n) is 2.33. The van der Waals surface area contributed by atoms with Crippen LogP contribution < -0.4 is 5.73 Å². The highest BCUT2D eigenvalue weighted by molar-refractivity contribution is 5.81. The van der Waals surface area contributed by atoms with Gasteiger partial charge in [-0.2, -0.15) is 0 Å². The van der Waals surface area contributed by atoms with Gasteiger partial charge in [0.1, 0.15) is 0 Å². The van der Waals surface area contributed by atoms with Crippen molar-refractivity contribution >= 4 is 5.91 Å². The van der Waals surface area contributed by atoms with Gasteiger partial charge in [-0.3, -0.25) is 4.79 Å². The molecule has 1 saturated heterocycles. The number of nitrogens with zero attached hydrogens (tertiary/aromatic N) is 1. The van der Waals surface area contributed by atoms with Gasteiger partial charge in [0.05, 0.1) is 11.6 Å². The van der Waals surface area contributed by atoms with Crippen LogP contribution in [0.5, 0.6) is 0 Å². The van der Waals surface area contributed by atoms with Gasteiger partial charge in [0.15, 0.2) is 0 Å². The van der Waals surface area contributed by atoms with Crippen LogP contribution in [0.15, 0.2) is 0 Å². The van der Waals surface area contributed by atoms with Crippen molar-refractivity contribution in [3.05, 3.63) is 0 Å². The van der Waals surface area contributed by atoms with Crippen molar-refractivity contribution in [1.82, 2.24) is 4.90 Å². The molecule has 1 rings (SSSR count). The monoisotopic (exact) mass is 242 g/mol. The molecule has 0 aromatic carbocycles. The fourth-order valence-corrected chi connectivity index (χ4v) is 2.33. The van der Waals surface area contributed by atoms with Crippen molar-refractivity contribution in [3.8, 4) is 0 Å². The quantitative estimate of drug-likeness (QED) is 0.779. The van der Waals surface area contributed by atoms with E-state index in [2.05, 4.69) is 13.8 Å². The second-order valence-electron chi connectivity index (χ2n) is 5.91. The van der Waals surface area contributed by atoms with E-state index in [1.807, 2.05) is 11.8 Å². The Kier molecular flexibility index (Phi) is 4.95. The van der Waals surface area contributed by atoms with Gasteiger partial charge in [0.2, 0.25) is 5.91 Å². The summed E-state index contributed by atoms with van der Waals surface area (Å²) in [7, 11) is 0. The molecule has 2 atom stereocenters. The number of likely N-dealkylation sites (tertiary alicyclic amines) is 1. The molecular formula is C13H26N2O2. The lowest BCUT2D eigenvalue weighted by Crippen LogP contribution is -2.45. The molecule has 17 heavy (non-hydrogen) atoms. The van der Waals surface area contributed by atoms with E-state index in [-0.39, 0.29) is 5.91 Å². The normalized spacial score (nSPS) is 28.0. The maximum atomic E-state index is 12.1. The first-order valence-corrected chi connectivity index (χ1v) is 6.58. The highest BCUT2D eigenvalue weighted by Crippen LogP contribution is 2.22. The summed E-state index contributed by atoms with van der Waals surface area (Å²) >= 11 is 0. The zero-order valence-corrected chi connectivity index (χ0v) is 11.3. The molecule has 0 aliphatic carbocycles. The lowest BCUT2D eigenvalue weighted by Gasteiger charge is -2.25. The Morgan fingerprint density at radius 2 is 2.06 bits per heavy atom. The number of hydrogen-bond acceptors (Lipinski definition) is 3. The van der Waals surface area contributed by atoms with E-state index in [9.17, 15) is 9.90 Å². The van der Waals surface area contributed by atoms with Gasteiger partial charge < -0.3 is 15.7 Å². The minimum Gasteiger partial charge on any atom is -0.390 e. The highest BCUT2D eigenvalue weighted by Gasteiger charge is 2.29. The fraction of sp³-hybridized carbons (Fsp3) is 0.923. The average Bonchev–Trinajstić information content (AvgIpc) is 2.37. The molecule has 0 radical (unpaired) electrons. The third kappa shape index (κ3) is 4.64. The highest BCUT2D eigenvalue weighted by atomic mass is 16.3. The van der Waals surface area contributed by atoms with Crippen LogP contribution in [0.4, 0.5) is 0 Å². The lowest BCUT2D eigenvalue weighted by atomic mass is 9.98. The summed E-state index contributed by atoms with van der Waals surface area (Å²) in [4.78, 5) is 13.9. The second kappa shape index (κ2) is 5.83. The summed E-state index contributed by atoms with van der Waals surface area (Å²) in [5, 5.41) is 9.97. The van der Waals surface area contributed by atoms with Crippen molar-refractivity contribution in [2.45, 2.75) is 58.1 Å². The van der Waals surface area contributed by atoms with Crippen LogP contribution in [0.2, 0.25) is 0 Å². The van der Waals surface area contributed by atoms with Crippen molar-refractivity contribution in [2.24, 2.45) is 11.7 Å². The molecule has 0 bridgehead atoms. The maximum Gasteiger partial charge on any atom is 0.239 e. The van der Waals surface area contributed by atoms with Gasteiger partial charge in [-0.05, 0) is 38.5 Å². The van der Waals surface area contributed by atoms with E-state index in [1.54, 1.807) is 0 Å². The molecule has 0 spiro atoms. The van der Waals surface area contributed by atoms with Gasteiger partial charge in [-0.25, -0.2) is 0 Å². The molecule has 1 unspecified atom stereocenters. The minimum absolute atomic E-state index is 0.0383. The average molecular weight is 242 g/mol. The maximum absolute atomic E-state index is 12.1. The molecule has 4 heteroatoms. The van der Waals surface area contributed by atoms with Crippen LogP contribution in [0.1, 0.15) is 46.5 Å². The van der Waals surface area contributed by atoms with Crippen LogP contribution in [-0.4, -0.2) is 40.6 Å². The summed E-state index contributed by atoms with van der Waals surface area (Å²) < 4.78 is 0. The first-order valence-electron chi connectivity index (χ1n) is 6.58. The predicted molar refractivity (Wildman–Crippen MR) is 68.5 cm³/mol. The Morgan fingerprint density at radius 3 is 2.65 bits per heavy atom. The number of amides is 1. The van der Waals surface area contributed by atoms with Crippen LogP contribution in [-0.2, 0) is 4.79 Å². The first-order chi connectivity index (χ1) is 7.82. The molecule has 0 saturated carbocycles. The van der Waals surface area contributed by atoms with Gasteiger partial charge in [-0.15, -0.1) is 0 Å². The molecule has 1 aliphatic heterocycles. The van der Waals surface area contributed by atoms with E-state index in [0.29, 0.717) is 18.9 Å². The Labute approximate surface area is 104 Å². The van der Waals surface area contributed by atoms with Gasteiger partial charge in [-0.1, -0.05) is 13.8 Å². The molecular weight excluding hydrogens is 216 g/mol. The van der Waals surface area contributed by atoms with Crippen molar-refractivity contribution in [3.63, 3.8) is 0 Å². The number of nitrogens with two attached hydrogens (primary N) is 1. The Morgan fingerprint density at radius 1 is 1.41 bits per heavy atom. The summed E-state index contributed by atoms with van der Waals surface area (Å²) in [6.07, 6.45) is 2.99. The van der Waals surface area contributed by atoms with Crippen LogP contribution in [0.3, 0.4) is 0 Å². The SMILES string of the molecule is CC(C)C[C@@H](N)C(=O)N1CCCC(C)(O)CC1. The first kappa shape index (κ1) is 14.5. The topological polar surface area (TPSA) is 66.6 Å². The molecule has 100 valence electrons. The third-order valence-corrected chi connectivity index (χ3v) is 3.42. The minimum atomic E-state index is -0.628. The van der Waals surface area contributed by atoms with E-state index in [1.165, 1.54) is 0 Å². The van der Waals surface area contributed by atoms with Crippen molar-refractivity contribution in [1.29, 1.82) is 0 Å². The van der Waals surface area contributed by atoms with Crippen LogP contribution in [0.25, 0.3) is 0 Å². The Bertz CT molecular complexity index is 264. The summed E-state index contributed by atoms with van der Waals surface area (Å²) in [6, 6.07) is -0.391. The summed E-state index contributed by atoms with van der Waals surface area (Å²) in [5.74, 6) is 0.473. The predicted octanol–water partition coefficient (Wildman–Crippen LogP) is 1.12. The van der Waals surface area contributed by atoms with Crippen molar-refractivity contribution in [2.75, 3.05) is 13.1 Å². The van der Waals surface area contributed by atoms with Crippen LogP contribution >= 0.6 is 0 Å². The van der Waals surface area contributed by atoms with E-state index < -0.39 is 11.6 Å². The van der Waals surface area contributed by atoms with E-state index >= 15 is 0 Å². The van der Waals surface area contributed by atoms with Gasteiger partial charge in [0.25, 0.3) is 0 Å². The number of hydrogen-bond donors (Lipinski definition) is 2. The molecule has 1 heterocycles. The summed E-state index contributed by atoms with van der Waals surface area (Å²) in [5.41, 5.74) is 5.29. The molecule has 1 aliphatic rings. The third-order valence-electron chi connectivity index (χ3n) is 3.42. The zero-order valence-electron chi connectivity index (χ0n) is 11.3. The molecule has 1 amide bonds. The Hall–Kier alpha value is -0.610. The largest absolute Gasteiger partial charge is 0.390 e. The second-order valence-corrected chi connectivity index (χ2v) is 5.91. The van der Waals surface area contributed by atoms with Crippen LogP contribution in [0, 0.1) is 5.92 Å². The van der Waals surface area contributed by atoms with E-state index in [4.69, 9.17) is 5.73 Å². The standard InChI is InChI=1S/C13H26N2O2/c1-10(2)9-11(14)12(16)15-7-4-5-13(3,17)6-8-15/h10-11,17H,4-9,14H2,1-3H3/t11-,13?/m1/s1. The van der Waals surface area contributed by atoms with Gasteiger partial charge in [0, 0.05) is 13.1 Å². The number of rotatable bonds is 3. The lowest BCUT2D eigenvalue weighted by molar-refractivity contribution is -0.133. The number of carbonyl (C=O) groups is 1. The summed E-state index contributed by atoms with van der Waals surface area (Å²) in [6.45, 7) is 7.33. The van der Waals surface area contributed by atoms with E-state index in [0.717, 1.165) is 25.8 Å². The molecule has 0 aromatic heterocycles. The zero-order chi connectivity index (χ0) is 13.1. The number of aliphatic hydroxyl groups is 1. The number of carbonyl (C=O) groups excluding carboxylic acids is 1. The molecule has 1 fully saturated rings. The smallest absolute Gasteiger partial charge is 0.239 e. The molecule has 4 nitrogen and oxygen atoms in total. The van der Waals surface area contributed by atoms with Gasteiger partial charge >= 0.3 is 0 Å². The van der Waals surface area contributed by atoms with Crippen molar-refractivity contribution < 1.29 is 9.90 Å².